The summed E-state index contributed by atoms with van der Waals surface area (Å²) in [5.74, 6) is 0.757. The van der Waals surface area contributed by atoms with Crippen LogP contribution in [0.1, 0.15) is 31.1 Å². The van der Waals surface area contributed by atoms with Crippen LogP contribution in [-0.2, 0) is 5.75 Å². The van der Waals surface area contributed by atoms with Crippen LogP contribution in [0.3, 0.4) is 0 Å². The Labute approximate surface area is 139 Å². The molecular formula is C18H19N3OS. The first-order valence-corrected chi connectivity index (χ1v) is 8.60. The summed E-state index contributed by atoms with van der Waals surface area (Å²) in [6.45, 7) is 6.18. The van der Waals surface area contributed by atoms with E-state index in [2.05, 4.69) is 35.9 Å². The lowest BCUT2D eigenvalue weighted by atomic mass is 10.1. The highest BCUT2D eigenvalue weighted by atomic mass is 32.2. The molecule has 0 N–H and O–H groups in total. The maximum atomic E-state index is 11.6. The quantitative estimate of drug-likeness (QED) is 0.538. The van der Waals surface area contributed by atoms with E-state index in [1.54, 1.807) is 11.8 Å². The fourth-order valence-corrected chi connectivity index (χ4v) is 3.65. The summed E-state index contributed by atoms with van der Waals surface area (Å²) in [5, 5.41) is 1.91. The minimum absolute atomic E-state index is 0.194. The molecule has 0 fully saturated rings. The van der Waals surface area contributed by atoms with E-state index >= 15 is 0 Å². The number of hydrogen-bond donors (Lipinski definition) is 0. The summed E-state index contributed by atoms with van der Waals surface area (Å²) >= 11 is 1.59. The van der Waals surface area contributed by atoms with Crippen LogP contribution >= 0.6 is 11.8 Å². The molecule has 3 aromatic rings. The van der Waals surface area contributed by atoms with Gasteiger partial charge < -0.3 is 4.57 Å². The second-order valence-electron chi connectivity index (χ2n) is 5.78. The van der Waals surface area contributed by atoms with Crippen LogP contribution < -0.4 is 5.56 Å². The summed E-state index contributed by atoms with van der Waals surface area (Å²) in [5.41, 5.74) is 3.03. The molecule has 0 radical (unpaired) electrons. The summed E-state index contributed by atoms with van der Waals surface area (Å²) in [6, 6.07) is 12.0. The van der Waals surface area contributed by atoms with Gasteiger partial charge in [-0.2, -0.15) is 4.98 Å². The Balaban J connectivity index is 1.96. The van der Waals surface area contributed by atoms with Gasteiger partial charge in [0.2, 0.25) is 0 Å². The number of thioether (sulfide) groups is 1. The molecule has 3 rings (SSSR count). The SMILES string of the molecule is Cc1cc(CSc2nc(=O)ccn2C(C)C)c2ccccc2n1. The Bertz CT molecular complexity index is 902. The largest absolute Gasteiger partial charge is 0.325 e. The molecule has 1 aromatic carbocycles. The Morgan fingerprint density at radius 1 is 1.17 bits per heavy atom. The third-order valence-corrected chi connectivity index (χ3v) is 4.66. The van der Waals surface area contributed by atoms with Crippen LogP contribution in [0.2, 0.25) is 0 Å². The van der Waals surface area contributed by atoms with Crippen molar-refractivity contribution in [1.29, 1.82) is 0 Å². The number of rotatable bonds is 4. The van der Waals surface area contributed by atoms with Crippen molar-refractivity contribution < 1.29 is 0 Å². The van der Waals surface area contributed by atoms with Gasteiger partial charge in [0.25, 0.3) is 5.56 Å². The molecule has 0 aliphatic carbocycles. The Morgan fingerprint density at radius 2 is 1.96 bits per heavy atom. The molecule has 5 heteroatoms. The molecule has 0 saturated carbocycles. The molecule has 0 aliphatic heterocycles. The Hall–Kier alpha value is -2.14. The normalized spacial score (nSPS) is 11.3. The minimum Gasteiger partial charge on any atom is -0.325 e. The van der Waals surface area contributed by atoms with Crippen molar-refractivity contribution in [3.63, 3.8) is 0 Å². The molecule has 0 atom stereocenters. The van der Waals surface area contributed by atoms with Gasteiger partial charge in [-0.3, -0.25) is 9.78 Å². The van der Waals surface area contributed by atoms with Gasteiger partial charge in [-0.25, -0.2) is 0 Å². The first kappa shape index (κ1) is 15.7. The number of aromatic nitrogens is 3. The van der Waals surface area contributed by atoms with Crippen LogP contribution in [0.15, 0.2) is 52.5 Å². The van der Waals surface area contributed by atoms with Crippen molar-refractivity contribution in [2.75, 3.05) is 0 Å². The number of benzene rings is 1. The number of pyridine rings is 1. The van der Waals surface area contributed by atoms with Crippen molar-refractivity contribution in [3.8, 4) is 0 Å². The summed E-state index contributed by atoms with van der Waals surface area (Å²) in [4.78, 5) is 20.3. The van der Waals surface area contributed by atoms with Gasteiger partial charge in [-0.15, -0.1) is 0 Å². The molecule has 4 nitrogen and oxygen atoms in total. The second-order valence-corrected chi connectivity index (χ2v) is 6.72. The molecule has 118 valence electrons. The number of nitrogens with zero attached hydrogens (tertiary/aromatic N) is 3. The van der Waals surface area contributed by atoms with E-state index in [-0.39, 0.29) is 11.6 Å². The zero-order chi connectivity index (χ0) is 16.4. The van der Waals surface area contributed by atoms with E-state index in [1.165, 1.54) is 11.6 Å². The fourth-order valence-electron chi connectivity index (χ4n) is 2.55. The molecule has 23 heavy (non-hydrogen) atoms. The lowest BCUT2D eigenvalue weighted by Crippen LogP contribution is -2.14. The smallest absolute Gasteiger partial charge is 0.273 e. The van der Waals surface area contributed by atoms with Crippen LogP contribution in [0.5, 0.6) is 0 Å². The predicted octanol–water partition coefficient (Wildman–Crippen LogP) is 3.97. The zero-order valence-corrected chi connectivity index (χ0v) is 14.3. The second kappa shape index (κ2) is 6.54. The van der Waals surface area contributed by atoms with Gasteiger partial charge >= 0.3 is 0 Å². The van der Waals surface area contributed by atoms with Gasteiger partial charge in [0, 0.05) is 35.1 Å². The van der Waals surface area contributed by atoms with Crippen LogP contribution in [0, 0.1) is 6.92 Å². The molecule has 0 spiro atoms. The third-order valence-electron chi connectivity index (χ3n) is 3.65. The maximum absolute atomic E-state index is 11.6. The number of para-hydroxylation sites is 1. The molecular weight excluding hydrogens is 306 g/mol. The van der Waals surface area contributed by atoms with Gasteiger partial charge in [-0.05, 0) is 38.5 Å². The standard InChI is InChI=1S/C18H19N3OS/c1-12(2)21-9-8-17(22)20-18(21)23-11-14-10-13(3)19-16-7-5-4-6-15(14)16/h4-10,12H,11H2,1-3H3. The average molecular weight is 325 g/mol. The topological polar surface area (TPSA) is 47.8 Å². The van der Waals surface area contributed by atoms with Crippen molar-refractivity contribution in [2.24, 2.45) is 0 Å². The number of fused-ring (bicyclic) bond motifs is 1. The summed E-state index contributed by atoms with van der Waals surface area (Å²) in [6.07, 6.45) is 1.82. The van der Waals surface area contributed by atoms with E-state index < -0.39 is 0 Å². The zero-order valence-electron chi connectivity index (χ0n) is 13.5. The third kappa shape index (κ3) is 3.45. The van der Waals surface area contributed by atoms with Gasteiger partial charge in [0.05, 0.1) is 5.52 Å². The number of aryl methyl sites for hydroxylation is 1. The molecule has 0 aliphatic rings. The molecule has 0 bridgehead atoms. The highest BCUT2D eigenvalue weighted by Gasteiger charge is 2.09. The van der Waals surface area contributed by atoms with Crippen LogP contribution in [0.4, 0.5) is 0 Å². The molecule has 0 unspecified atom stereocenters. The monoisotopic (exact) mass is 325 g/mol. The van der Waals surface area contributed by atoms with Gasteiger partial charge in [-0.1, -0.05) is 30.0 Å². The molecule has 0 saturated heterocycles. The highest BCUT2D eigenvalue weighted by Crippen LogP contribution is 2.27. The molecule has 2 aromatic heterocycles. The fraction of sp³-hybridized carbons (Fsp3) is 0.278. The Morgan fingerprint density at radius 3 is 2.74 bits per heavy atom. The Kier molecular flexibility index (Phi) is 4.48. The van der Waals surface area contributed by atoms with E-state index in [1.807, 2.05) is 35.9 Å². The van der Waals surface area contributed by atoms with Crippen LogP contribution in [0.25, 0.3) is 10.9 Å². The van der Waals surface area contributed by atoms with Gasteiger partial charge in [0.15, 0.2) is 5.16 Å². The number of hydrogen-bond acceptors (Lipinski definition) is 4. The highest BCUT2D eigenvalue weighted by molar-refractivity contribution is 7.98. The van der Waals surface area contributed by atoms with E-state index in [0.717, 1.165) is 27.5 Å². The van der Waals surface area contributed by atoms with Crippen molar-refractivity contribution >= 4 is 22.7 Å². The first-order valence-electron chi connectivity index (χ1n) is 7.62. The average Bonchev–Trinajstić information content (AvgIpc) is 2.52. The molecule has 0 amide bonds. The van der Waals surface area contributed by atoms with E-state index in [0.29, 0.717) is 0 Å². The molecule has 2 heterocycles. The summed E-state index contributed by atoms with van der Waals surface area (Å²) in [7, 11) is 0. The van der Waals surface area contributed by atoms with Gasteiger partial charge in [0.1, 0.15) is 0 Å². The predicted molar refractivity (Wildman–Crippen MR) is 94.9 cm³/mol. The van der Waals surface area contributed by atoms with Crippen molar-refractivity contribution in [3.05, 3.63) is 64.2 Å². The lowest BCUT2D eigenvalue weighted by molar-refractivity contribution is 0.526. The van der Waals surface area contributed by atoms with Crippen molar-refractivity contribution in [2.45, 2.75) is 37.7 Å². The minimum atomic E-state index is -0.194. The van der Waals surface area contributed by atoms with Crippen LogP contribution in [-0.4, -0.2) is 14.5 Å². The van der Waals surface area contributed by atoms with E-state index in [4.69, 9.17) is 0 Å². The van der Waals surface area contributed by atoms with E-state index in [9.17, 15) is 4.79 Å². The van der Waals surface area contributed by atoms with Crippen molar-refractivity contribution in [1.82, 2.24) is 14.5 Å². The summed E-state index contributed by atoms with van der Waals surface area (Å²) < 4.78 is 2.03. The lowest BCUT2D eigenvalue weighted by Gasteiger charge is -2.15. The first-order chi connectivity index (χ1) is 11.0. The maximum Gasteiger partial charge on any atom is 0.273 e.